The first-order valence-electron chi connectivity index (χ1n) is 8.09. The number of carbonyl (C=O) groups excluding carboxylic acids is 1. The summed E-state index contributed by atoms with van der Waals surface area (Å²) in [5, 5.41) is 6.09. The highest BCUT2D eigenvalue weighted by Gasteiger charge is 2.16. The number of imidazole rings is 1. The summed E-state index contributed by atoms with van der Waals surface area (Å²) in [4.78, 5) is 23.3. The molecule has 0 spiro atoms. The molecule has 0 unspecified atom stereocenters. The van der Waals surface area contributed by atoms with Gasteiger partial charge in [0.25, 0.3) is 0 Å². The molecule has 1 fully saturated rings. The maximum Gasteiger partial charge on any atom is 0.222 e. The van der Waals surface area contributed by atoms with E-state index in [2.05, 4.69) is 20.2 Å². The van der Waals surface area contributed by atoms with Gasteiger partial charge in [-0.2, -0.15) is 0 Å². The zero-order valence-corrected chi connectivity index (χ0v) is 14.5. The summed E-state index contributed by atoms with van der Waals surface area (Å²) >= 11 is 1.66. The Hall–Kier alpha value is -1.89. The van der Waals surface area contributed by atoms with Crippen molar-refractivity contribution >= 4 is 22.4 Å². The van der Waals surface area contributed by atoms with Crippen LogP contribution >= 0.6 is 11.3 Å². The first-order valence-corrected chi connectivity index (χ1v) is 8.97. The van der Waals surface area contributed by atoms with E-state index in [9.17, 15) is 4.79 Å². The molecular weight excluding hydrogens is 310 g/mol. The molecule has 2 aromatic heterocycles. The Balaban J connectivity index is 1.48. The summed E-state index contributed by atoms with van der Waals surface area (Å²) < 4.78 is 2.02. The third-order valence-corrected chi connectivity index (χ3v) is 5.15. The van der Waals surface area contributed by atoms with E-state index in [1.165, 1.54) is 12.8 Å². The van der Waals surface area contributed by atoms with Crippen molar-refractivity contribution in [2.75, 3.05) is 18.0 Å². The zero-order valence-electron chi connectivity index (χ0n) is 13.7. The van der Waals surface area contributed by atoms with Crippen molar-refractivity contribution < 1.29 is 4.79 Å². The second-order valence-electron chi connectivity index (χ2n) is 6.03. The van der Waals surface area contributed by atoms with Gasteiger partial charge in [0.2, 0.25) is 5.91 Å². The number of hydrogen-bond acceptors (Lipinski definition) is 5. The standard InChI is InChI=1S/C16H23N5OS/c1-12(21-8-5-17-13(21)2)9-15(22)18-10-14-11-23-16(19-14)20-6-3-4-7-20/h5,8,11-12H,3-4,6-7,9-10H2,1-2H3,(H,18,22)/t12-/m0/s1. The van der Waals surface area contributed by atoms with Gasteiger partial charge in [-0.25, -0.2) is 9.97 Å². The molecule has 7 heteroatoms. The van der Waals surface area contributed by atoms with Crippen molar-refractivity contribution in [1.82, 2.24) is 19.9 Å². The smallest absolute Gasteiger partial charge is 0.222 e. The summed E-state index contributed by atoms with van der Waals surface area (Å²) in [5.41, 5.74) is 0.941. The molecular formula is C16H23N5OS. The second-order valence-corrected chi connectivity index (χ2v) is 6.86. The maximum absolute atomic E-state index is 12.1. The number of nitrogens with one attached hydrogen (secondary N) is 1. The van der Waals surface area contributed by atoms with Crippen LogP contribution in [0.1, 0.15) is 43.7 Å². The van der Waals surface area contributed by atoms with Crippen LogP contribution in [0.3, 0.4) is 0 Å². The van der Waals surface area contributed by atoms with Gasteiger partial charge in [-0.15, -0.1) is 11.3 Å². The SMILES string of the molecule is Cc1nccn1[C@@H](C)CC(=O)NCc1csc(N2CCCC2)n1. The lowest BCUT2D eigenvalue weighted by Crippen LogP contribution is -2.26. The predicted octanol–water partition coefficient (Wildman–Crippen LogP) is 2.52. The zero-order chi connectivity index (χ0) is 16.2. The van der Waals surface area contributed by atoms with Gasteiger partial charge in [0.1, 0.15) is 5.82 Å². The van der Waals surface area contributed by atoms with Gasteiger partial charge in [0.15, 0.2) is 5.13 Å². The fraction of sp³-hybridized carbons (Fsp3) is 0.562. The molecule has 1 aliphatic heterocycles. The van der Waals surface area contributed by atoms with E-state index in [1.54, 1.807) is 17.5 Å². The molecule has 3 rings (SSSR count). The van der Waals surface area contributed by atoms with Crippen LogP contribution in [-0.4, -0.2) is 33.5 Å². The third-order valence-electron chi connectivity index (χ3n) is 4.20. The highest BCUT2D eigenvalue weighted by Crippen LogP contribution is 2.24. The summed E-state index contributed by atoms with van der Waals surface area (Å²) in [6.45, 7) is 6.67. The van der Waals surface area contributed by atoms with Gasteiger partial charge in [0, 0.05) is 43.3 Å². The van der Waals surface area contributed by atoms with E-state index >= 15 is 0 Å². The number of rotatable bonds is 6. The lowest BCUT2D eigenvalue weighted by atomic mass is 10.2. The van der Waals surface area contributed by atoms with Gasteiger partial charge in [-0.05, 0) is 26.7 Å². The Morgan fingerprint density at radius 3 is 2.91 bits per heavy atom. The lowest BCUT2D eigenvalue weighted by Gasteiger charge is -2.14. The first kappa shape index (κ1) is 16.0. The summed E-state index contributed by atoms with van der Waals surface area (Å²) in [7, 11) is 0. The molecule has 0 aliphatic carbocycles. The fourth-order valence-electron chi connectivity index (χ4n) is 2.91. The molecule has 23 heavy (non-hydrogen) atoms. The van der Waals surface area contributed by atoms with Crippen molar-refractivity contribution in [3.05, 3.63) is 29.3 Å². The van der Waals surface area contributed by atoms with Gasteiger partial charge in [-0.3, -0.25) is 4.79 Å². The van der Waals surface area contributed by atoms with Crippen molar-refractivity contribution in [3.8, 4) is 0 Å². The molecule has 6 nitrogen and oxygen atoms in total. The van der Waals surface area contributed by atoms with Crippen LogP contribution < -0.4 is 10.2 Å². The van der Waals surface area contributed by atoms with Crippen LogP contribution in [0.15, 0.2) is 17.8 Å². The van der Waals surface area contributed by atoms with Gasteiger partial charge >= 0.3 is 0 Å². The molecule has 1 N–H and O–H groups in total. The molecule has 124 valence electrons. The molecule has 1 saturated heterocycles. The molecule has 2 aromatic rings. The summed E-state index contributed by atoms with van der Waals surface area (Å²) in [5.74, 6) is 0.973. The van der Waals surface area contributed by atoms with Crippen LogP contribution in [-0.2, 0) is 11.3 Å². The van der Waals surface area contributed by atoms with E-state index in [0.29, 0.717) is 13.0 Å². The lowest BCUT2D eigenvalue weighted by molar-refractivity contribution is -0.121. The van der Waals surface area contributed by atoms with E-state index in [1.807, 2.05) is 30.0 Å². The average Bonchev–Trinajstić information content (AvgIpc) is 3.26. The van der Waals surface area contributed by atoms with Crippen molar-refractivity contribution in [2.24, 2.45) is 0 Å². The van der Waals surface area contributed by atoms with E-state index in [4.69, 9.17) is 0 Å². The topological polar surface area (TPSA) is 63.1 Å². The molecule has 0 saturated carbocycles. The Labute approximate surface area is 140 Å². The minimum Gasteiger partial charge on any atom is -0.350 e. The number of amides is 1. The first-order chi connectivity index (χ1) is 11.1. The average molecular weight is 333 g/mol. The third kappa shape index (κ3) is 3.90. The monoisotopic (exact) mass is 333 g/mol. The van der Waals surface area contributed by atoms with E-state index in [0.717, 1.165) is 29.7 Å². The number of aryl methyl sites for hydroxylation is 1. The molecule has 1 aliphatic rings. The maximum atomic E-state index is 12.1. The fourth-order valence-corrected chi connectivity index (χ4v) is 3.79. The largest absolute Gasteiger partial charge is 0.350 e. The summed E-state index contributed by atoms with van der Waals surface area (Å²) in [6.07, 6.45) is 6.61. The van der Waals surface area contributed by atoms with Crippen molar-refractivity contribution in [3.63, 3.8) is 0 Å². The van der Waals surface area contributed by atoms with E-state index < -0.39 is 0 Å². The second kappa shape index (κ2) is 7.12. The highest BCUT2D eigenvalue weighted by molar-refractivity contribution is 7.13. The number of carbonyl (C=O) groups is 1. The molecule has 0 radical (unpaired) electrons. The normalized spacial score (nSPS) is 15.8. The molecule has 1 atom stereocenters. The Kier molecular flexibility index (Phi) is 4.95. The van der Waals surface area contributed by atoms with Crippen LogP contribution in [0, 0.1) is 6.92 Å². The van der Waals surface area contributed by atoms with E-state index in [-0.39, 0.29) is 11.9 Å². The van der Waals surface area contributed by atoms with Gasteiger partial charge in [0.05, 0.1) is 12.2 Å². The van der Waals surface area contributed by atoms with Crippen molar-refractivity contribution in [1.29, 1.82) is 0 Å². The number of anilines is 1. The quantitative estimate of drug-likeness (QED) is 0.882. The number of thiazole rings is 1. The minimum atomic E-state index is 0.0429. The van der Waals surface area contributed by atoms with Crippen molar-refractivity contribution in [2.45, 2.75) is 45.7 Å². The molecule has 1 amide bonds. The minimum absolute atomic E-state index is 0.0429. The van der Waals surface area contributed by atoms with Crippen LogP contribution in [0.4, 0.5) is 5.13 Å². The predicted molar refractivity (Wildman–Crippen MR) is 91.7 cm³/mol. The number of nitrogens with zero attached hydrogens (tertiary/aromatic N) is 4. The Bertz CT molecular complexity index is 659. The number of aromatic nitrogens is 3. The molecule has 0 aromatic carbocycles. The molecule has 3 heterocycles. The highest BCUT2D eigenvalue weighted by atomic mass is 32.1. The van der Waals surface area contributed by atoms with Crippen LogP contribution in [0.5, 0.6) is 0 Å². The van der Waals surface area contributed by atoms with Crippen LogP contribution in [0.2, 0.25) is 0 Å². The van der Waals surface area contributed by atoms with Crippen LogP contribution in [0.25, 0.3) is 0 Å². The van der Waals surface area contributed by atoms with Gasteiger partial charge < -0.3 is 14.8 Å². The molecule has 0 bridgehead atoms. The number of hydrogen-bond donors (Lipinski definition) is 1. The Morgan fingerprint density at radius 2 is 2.22 bits per heavy atom. The summed E-state index contributed by atoms with van der Waals surface area (Å²) in [6, 6.07) is 0.105. The Morgan fingerprint density at radius 1 is 1.43 bits per heavy atom. The van der Waals surface area contributed by atoms with Gasteiger partial charge in [-0.1, -0.05) is 0 Å².